The molecule has 1 fully saturated rings. The number of aromatic amines is 1. The normalized spacial score (nSPS) is 17.2. The minimum Gasteiger partial charge on any atom is -0.442 e. The number of nitrogens with one attached hydrogen (secondary N) is 2. The summed E-state index contributed by atoms with van der Waals surface area (Å²) < 4.78 is 47.6. The van der Waals surface area contributed by atoms with E-state index in [0.717, 1.165) is 35.2 Å². The third kappa shape index (κ3) is 4.86. The molecular weight excluding hydrogens is 477 g/mol. The number of amides is 2. The Labute approximate surface area is 204 Å². The fraction of sp³-hybridized carbons (Fsp3) is 0.320. The van der Waals surface area contributed by atoms with Crippen LogP contribution in [0.1, 0.15) is 24.5 Å². The number of H-pyrrole nitrogens is 1. The molecule has 2 aromatic carbocycles. The molecule has 2 amide bonds. The fourth-order valence-electron chi connectivity index (χ4n) is 4.65. The third-order valence-corrected chi connectivity index (χ3v) is 6.21. The molecule has 8 nitrogen and oxygen atoms in total. The van der Waals surface area contributed by atoms with Gasteiger partial charge in [0.2, 0.25) is 5.91 Å². The van der Waals surface area contributed by atoms with Crippen molar-refractivity contribution in [3.63, 3.8) is 0 Å². The first-order chi connectivity index (χ1) is 17.2. The van der Waals surface area contributed by atoms with Crippen molar-refractivity contribution in [2.75, 3.05) is 18.0 Å². The number of hydrogen-bond acceptors (Lipinski definition) is 5. The van der Waals surface area contributed by atoms with Crippen LogP contribution >= 0.6 is 0 Å². The van der Waals surface area contributed by atoms with Gasteiger partial charge in [-0.2, -0.15) is 5.10 Å². The van der Waals surface area contributed by atoms with Crippen LogP contribution in [0.2, 0.25) is 0 Å². The van der Waals surface area contributed by atoms with Crippen molar-refractivity contribution in [2.45, 2.75) is 38.7 Å². The van der Waals surface area contributed by atoms with Crippen molar-refractivity contribution < 1.29 is 32.2 Å². The van der Waals surface area contributed by atoms with Gasteiger partial charge in [-0.3, -0.25) is 14.8 Å². The average Bonchev–Trinajstić information content (AvgIpc) is 3.35. The molecule has 36 heavy (non-hydrogen) atoms. The molecule has 5 rings (SSSR count). The maximum atomic E-state index is 12.7. The van der Waals surface area contributed by atoms with Crippen molar-refractivity contribution >= 4 is 17.7 Å². The van der Waals surface area contributed by atoms with Crippen LogP contribution in [-0.4, -0.2) is 47.8 Å². The van der Waals surface area contributed by atoms with Crippen molar-refractivity contribution in [1.29, 1.82) is 0 Å². The number of rotatable bonds is 5. The highest BCUT2D eigenvalue weighted by molar-refractivity contribution is 5.91. The lowest BCUT2D eigenvalue weighted by Crippen LogP contribution is -2.33. The molecule has 0 radical (unpaired) electrons. The van der Waals surface area contributed by atoms with E-state index in [9.17, 15) is 22.8 Å². The number of nitrogens with zero attached hydrogens (tertiary/aromatic N) is 2. The number of aryl methyl sites for hydroxylation is 1. The van der Waals surface area contributed by atoms with E-state index in [1.54, 1.807) is 6.07 Å². The number of alkyl halides is 3. The summed E-state index contributed by atoms with van der Waals surface area (Å²) in [5, 5.41) is 10.2. The molecular formula is C25H23F3N4O4. The van der Waals surface area contributed by atoms with Crippen molar-refractivity contribution in [3.8, 4) is 28.3 Å². The van der Waals surface area contributed by atoms with E-state index in [1.165, 1.54) is 30.0 Å². The quantitative estimate of drug-likeness (QED) is 0.534. The lowest BCUT2D eigenvalue weighted by molar-refractivity contribution is -0.274. The first-order valence-corrected chi connectivity index (χ1v) is 11.5. The third-order valence-electron chi connectivity index (χ3n) is 6.21. The van der Waals surface area contributed by atoms with Crippen molar-refractivity contribution in [3.05, 3.63) is 53.6 Å². The van der Waals surface area contributed by atoms with E-state index < -0.39 is 18.6 Å². The van der Waals surface area contributed by atoms with Crippen LogP contribution < -0.4 is 15.0 Å². The van der Waals surface area contributed by atoms with Crippen molar-refractivity contribution in [2.24, 2.45) is 0 Å². The summed E-state index contributed by atoms with van der Waals surface area (Å²) in [6.07, 6.45) is -3.43. The highest BCUT2D eigenvalue weighted by Gasteiger charge is 2.34. The number of carbonyl (C=O) groups excluding carboxylic acids is 2. The largest absolute Gasteiger partial charge is 0.573 e. The topological polar surface area (TPSA) is 96.5 Å². The maximum Gasteiger partial charge on any atom is 0.573 e. The SMILES string of the molecule is CC(=O)NC[C@H]1CN(c2ccc3c(c2)-c2[nH]nc(-c4cccc(OC(F)(F)F)c4)c2CCC3)C(=O)O1. The number of halogens is 3. The zero-order valence-corrected chi connectivity index (χ0v) is 19.3. The van der Waals surface area contributed by atoms with Crippen molar-refractivity contribution in [1.82, 2.24) is 15.5 Å². The molecule has 1 atom stereocenters. The van der Waals surface area contributed by atoms with Gasteiger partial charge in [-0.1, -0.05) is 18.2 Å². The summed E-state index contributed by atoms with van der Waals surface area (Å²) >= 11 is 0. The van der Waals surface area contributed by atoms with Gasteiger partial charge in [0.25, 0.3) is 0 Å². The van der Waals surface area contributed by atoms with E-state index in [2.05, 4.69) is 20.3 Å². The molecule has 0 bridgehead atoms. The Balaban J connectivity index is 1.46. The van der Waals surface area contributed by atoms with Crippen LogP contribution in [0, 0.1) is 0 Å². The zero-order chi connectivity index (χ0) is 25.4. The van der Waals surface area contributed by atoms with E-state index in [4.69, 9.17) is 4.74 Å². The lowest BCUT2D eigenvalue weighted by atomic mass is 9.99. The second-order valence-electron chi connectivity index (χ2n) is 8.75. The van der Waals surface area contributed by atoms with Gasteiger partial charge in [0.1, 0.15) is 11.9 Å². The molecule has 3 aromatic rings. The van der Waals surface area contributed by atoms with Crippen LogP contribution in [0.25, 0.3) is 22.5 Å². The number of cyclic esters (lactones) is 1. The monoisotopic (exact) mass is 500 g/mol. The number of anilines is 1. The predicted molar refractivity (Wildman–Crippen MR) is 124 cm³/mol. The van der Waals surface area contributed by atoms with E-state index in [1.807, 2.05) is 18.2 Å². The van der Waals surface area contributed by atoms with Gasteiger partial charge in [0.05, 0.1) is 24.5 Å². The molecule has 1 aromatic heterocycles. The second kappa shape index (κ2) is 9.21. The number of ether oxygens (including phenoxy) is 2. The predicted octanol–water partition coefficient (Wildman–Crippen LogP) is 4.59. The summed E-state index contributed by atoms with van der Waals surface area (Å²) in [6, 6.07) is 11.5. The van der Waals surface area contributed by atoms with E-state index in [0.29, 0.717) is 29.9 Å². The first-order valence-electron chi connectivity index (χ1n) is 11.5. The number of aromatic nitrogens is 2. The highest BCUT2D eigenvalue weighted by atomic mass is 19.4. The van der Waals surface area contributed by atoms with Gasteiger partial charge >= 0.3 is 12.5 Å². The van der Waals surface area contributed by atoms with Crippen LogP contribution in [0.4, 0.5) is 23.7 Å². The minimum atomic E-state index is -4.78. The summed E-state index contributed by atoms with van der Waals surface area (Å²) in [4.78, 5) is 25.2. The molecule has 1 aliphatic carbocycles. The van der Waals surface area contributed by atoms with Crippen LogP contribution in [0.15, 0.2) is 42.5 Å². The smallest absolute Gasteiger partial charge is 0.442 e. The van der Waals surface area contributed by atoms with E-state index >= 15 is 0 Å². The van der Waals surface area contributed by atoms with Gasteiger partial charge in [0.15, 0.2) is 0 Å². The molecule has 11 heteroatoms. The van der Waals surface area contributed by atoms with Crippen LogP contribution in [0.3, 0.4) is 0 Å². The standard InChI is InChI=1S/C25H23F3N4O4/c1-14(33)29-12-19-13-32(24(34)35-19)17-9-8-15-4-3-7-20-22(30-31-23(20)21(15)11-17)16-5-2-6-18(10-16)36-25(26,27)28/h2,5-6,8-11,19H,3-4,7,12-13H2,1H3,(H,29,33)(H,30,31)/t19-/m0/s1. The van der Waals surface area contributed by atoms with Crippen LogP contribution in [-0.2, 0) is 22.4 Å². The van der Waals surface area contributed by atoms with Crippen LogP contribution in [0.5, 0.6) is 5.75 Å². The number of fused-ring (bicyclic) bond motifs is 3. The summed E-state index contributed by atoms with van der Waals surface area (Å²) in [5.41, 5.74) is 5.33. The molecule has 2 N–H and O–H groups in total. The Morgan fingerprint density at radius 2 is 2.08 bits per heavy atom. The van der Waals surface area contributed by atoms with E-state index in [-0.39, 0.29) is 18.2 Å². The number of benzene rings is 2. The number of carbonyl (C=O) groups is 2. The molecule has 0 saturated carbocycles. The minimum absolute atomic E-state index is 0.201. The van der Waals surface area contributed by atoms with Gasteiger partial charge < -0.3 is 14.8 Å². The summed E-state index contributed by atoms with van der Waals surface area (Å²) in [5.74, 6) is -0.512. The zero-order valence-electron chi connectivity index (χ0n) is 19.3. The lowest BCUT2D eigenvalue weighted by Gasteiger charge is -2.16. The van der Waals surface area contributed by atoms with Gasteiger partial charge in [-0.25, -0.2) is 4.79 Å². The first kappa shape index (κ1) is 23.7. The molecule has 1 saturated heterocycles. The Morgan fingerprint density at radius 1 is 1.25 bits per heavy atom. The Bertz CT molecular complexity index is 1320. The summed E-state index contributed by atoms with van der Waals surface area (Å²) in [6.45, 7) is 1.93. The Morgan fingerprint density at radius 3 is 2.86 bits per heavy atom. The molecule has 1 aliphatic heterocycles. The number of hydrogen-bond donors (Lipinski definition) is 2. The molecule has 2 heterocycles. The van der Waals surface area contributed by atoms with Gasteiger partial charge in [-0.15, -0.1) is 13.2 Å². The molecule has 188 valence electrons. The highest BCUT2D eigenvalue weighted by Crippen LogP contribution is 2.39. The molecule has 2 aliphatic rings. The summed E-state index contributed by atoms with van der Waals surface area (Å²) in [7, 11) is 0. The average molecular weight is 500 g/mol. The molecule has 0 spiro atoms. The van der Waals surface area contributed by atoms with Gasteiger partial charge in [0, 0.05) is 29.3 Å². The Hall–Kier alpha value is -4.02. The Kier molecular flexibility index (Phi) is 6.07. The second-order valence-corrected chi connectivity index (χ2v) is 8.75. The van der Waals surface area contributed by atoms with Gasteiger partial charge in [-0.05, 0) is 49.1 Å². The fourth-order valence-corrected chi connectivity index (χ4v) is 4.65. The maximum absolute atomic E-state index is 12.7. The molecule has 0 unspecified atom stereocenters.